The molecule has 18 heavy (non-hydrogen) atoms. The van der Waals surface area contributed by atoms with Crippen molar-refractivity contribution in [3.05, 3.63) is 29.3 Å². The Morgan fingerprint density at radius 2 is 2.28 bits per heavy atom. The monoisotopic (exact) mass is 250 g/mol. The Hall–Kier alpha value is -1.38. The molecule has 0 spiro atoms. The number of carbonyl (C=O) groups is 1. The average Bonchev–Trinajstić information content (AvgIpc) is 3.23. The molecule has 3 heteroatoms. The Bertz CT molecular complexity index is 413. The van der Waals surface area contributed by atoms with Crippen LogP contribution < -0.4 is 4.74 Å². The van der Waals surface area contributed by atoms with Gasteiger partial charge in [-0.25, -0.2) is 4.39 Å². The Morgan fingerprint density at radius 1 is 1.50 bits per heavy atom. The highest BCUT2D eigenvalue weighted by Crippen LogP contribution is 2.44. The highest BCUT2D eigenvalue weighted by atomic mass is 19.1. The number of hydrogen-bond acceptors (Lipinski definition) is 2. The van der Waals surface area contributed by atoms with Gasteiger partial charge in [-0.1, -0.05) is 13.3 Å². The number of benzene rings is 1. The molecule has 0 amide bonds. The number of halogens is 1. The van der Waals surface area contributed by atoms with E-state index in [1.165, 1.54) is 0 Å². The molecule has 1 unspecified atom stereocenters. The standard InChI is InChI=1S/C15H19FO2/c1-2-3-13(9-16)18-15-7-4-11(10-17)8-14(15)12-5-6-12/h4,7-8,10,12-13H,2-3,5-6,9H2,1H3. The molecular weight excluding hydrogens is 231 g/mol. The fraction of sp³-hybridized carbons (Fsp3) is 0.533. The molecule has 1 aromatic rings. The molecular formula is C15H19FO2. The summed E-state index contributed by atoms with van der Waals surface area (Å²) >= 11 is 0. The number of rotatable bonds is 7. The summed E-state index contributed by atoms with van der Waals surface area (Å²) in [6, 6.07) is 5.41. The lowest BCUT2D eigenvalue weighted by molar-refractivity contribution is 0.112. The van der Waals surface area contributed by atoms with E-state index in [-0.39, 0.29) is 6.10 Å². The van der Waals surface area contributed by atoms with Gasteiger partial charge in [-0.3, -0.25) is 4.79 Å². The third-order valence-corrected chi connectivity index (χ3v) is 3.26. The Morgan fingerprint density at radius 3 is 2.83 bits per heavy atom. The van der Waals surface area contributed by atoms with Gasteiger partial charge in [0.1, 0.15) is 24.8 Å². The van der Waals surface area contributed by atoms with Gasteiger partial charge in [-0.05, 0) is 48.9 Å². The first-order valence-corrected chi connectivity index (χ1v) is 6.60. The molecule has 1 aromatic carbocycles. The summed E-state index contributed by atoms with van der Waals surface area (Å²) in [5, 5.41) is 0. The van der Waals surface area contributed by atoms with E-state index in [4.69, 9.17) is 4.74 Å². The van der Waals surface area contributed by atoms with Crippen molar-refractivity contribution in [3.63, 3.8) is 0 Å². The van der Waals surface area contributed by atoms with Crippen molar-refractivity contribution in [2.45, 2.75) is 44.6 Å². The fourth-order valence-electron chi connectivity index (χ4n) is 2.13. The van der Waals surface area contributed by atoms with E-state index in [0.29, 0.717) is 11.5 Å². The maximum atomic E-state index is 12.8. The molecule has 0 radical (unpaired) electrons. The van der Waals surface area contributed by atoms with E-state index in [1.54, 1.807) is 12.1 Å². The molecule has 0 saturated heterocycles. The van der Waals surface area contributed by atoms with Gasteiger partial charge in [-0.2, -0.15) is 0 Å². The summed E-state index contributed by atoms with van der Waals surface area (Å²) in [7, 11) is 0. The fourth-order valence-corrected chi connectivity index (χ4v) is 2.13. The van der Waals surface area contributed by atoms with Crippen LogP contribution in [0, 0.1) is 0 Å². The minimum Gasteiger partial charge on any atom is -0.487 e. The van der Waals surface area contributed by atoms with Gasteiger partial charge >= 0.3 is 0 Å². The quantitative estimate of drug-likeness (QED) is 0.686. The third-order valence-electron chi connectivity index (χ3n) is 3.26. The summed E-state index contributed by atoms with van der Waals surface area (Å²) in [6.45, 7) is 1.55. The first kappa shape index (κ1) is 13.1. The van der Waals surface area contributed by atoms with E-state index in [9.17, 15) is 9.18 Å². The molecule has 0 aromatic heterocycles. The Labute approximate surface area is 107 Å². The number of ether oxygens (including phenoxy) is 1. The van der Waals surface area contributed by atoms with Crippen molar-refractivity contribution in [2.24, 2.45) is 0 Å². The van der Waals surface area contributed by atoms with Crippen molar-refractivity contribution in [3.8, 4) is 5.75 Å². The number of carbonyl (C=O) groups excluding carboxylic acids is 1. The van der Waals surface area contributed by atoms with Crippen molar-refractivity contribution in [2.75, 3.05) is 6.67 Å². The SMILES string of the molecule is CCCC(CF)Oc1ccc(C=O)cc1C1CC1. The van der Waals surface area contributed by atoms with E-state index in [1.807, 2.05) is 13.0 Å². The smallest absolute Gasteiger partial charge is 0.150 e. The van der Waals surface area contributed by atoms with Crippen LogP contribution >= 0.6 is 0 Å². The minimum absolute atomic E-state index is 0.366. The third kappa shape index (κ3) is 3.09. The topological polar surface area (TPSA) is 26.3 Å². The first-order chi connectivity index (χ1) is 8.78. The zero-order chi connectivity index (χ0) is 13.0. The number of aldehydes is 1. The van der Waals surface area contributed by atoms with Gasteiger partial charge in [0.2, 0.25) is 0 Å². The van der Waals surface area contributed by atoms with Crippen molar-refractivity contribution in [1.82, 2.24) is 0 Å². The second kappa shape index (κ2) is 5.98. The average molecular weight is 250 g/mol. The first-order valence-electron chi connectivity index (χ1n) is 6.60. The highest BCUT2D eigenvalue weighted by Gasteiger charge is 2.27. The van der Waals surface area contributed by atoms with Crippen molar-refractivity contribution >= 4 is 6.29 Å². The summed E-state index contributed by atoms with van der Waals surface area (Å²) < 4.78 is 18.6. The van der Waals surface area contributed by atoms with E-state index >= 15 is 0 Å². The van der Waals surface area contributed by atoms with Crippen LogP contribution in [0.1, 0.15) is 54.4 Å². The maximum absolute atomic E-state index is 12.8. The normalized spacial score (nSPS) is 16.3. The molecule has 1 aliphatic carbocycles. The molecule has 1 saturated carbocycles. The molecule has 0 aliphatic heterocycles. The van der Waals surface area contributed by atoms with Gasteiger partial charge < -0.3 is 4.74 Å². The lowest BCUT2D eigenvalue weighted by atomic mass is 10.1. The van der Waals surface area contributed by atoms with Crippen molar-refractivity contribution < 1.29 is 13.9 Å². The zero-order valence-corrected chi connectivity index (χ0v) is 10.7. The van der Waals surface area contributed by atoms with Gasteiger partial charge in [-0.15, -0.1) is 0 Å². The van der Waals surface area contributed by atoms with Crippen LogP contribution in [0.4, 0.5) is 4.39 Å². The second-order valence-electron chi connectivity index (χ2n) is 4.87. The number of alkyl halides is 1. The zero-order valence-electron chi connectivity index (χ0n) is 10.7. The molecule has 0 N–H and O–H groups in total. The molecule has 98 valence electrons. The van der Waals surface area contributed by atoms with Crippen LogP contribution in [0.15, 0.2) is 18.2 Å². The van der Waals surface area contributed by atoms with Crippen LogP contribution in [-0.4, -0.2) is 19.1 Å². The van der Waals surface area contributed by atoms with Gasteiger partial charge in [0.15, 0.2) is 0 Å². The Balaban J connectivity index is 2.17. The maximum Gasteiger partial charge on any atom is 0.150 e. The van der Waals surface area contributed by atoms with Crippen LogP contribution in [0.2, 0.25) is 0 Å². The summed E-state index contributed by atoms with van der Waals surface area (Å²) in [6.07, 6.45) is 4.36. The summed E-state index contributed by atoms with van der Waals surface area (Å²) in [5.41, 5.74) is 1.73. The van der Waals surface area contributed by atoms with E-state index in [0.717, 1.165) is 43.3 Å². The molecule has 2 nitrogen and oxygen atoms in total. The van der Waals surface area contributed by atoms with Gasteiger partial charge in [0.25, 0.3) is 0 Å². The number of hydrogen-bond donors (Lipinski definition) is 0. The lowest BCUT2D eigenvalue weighted by Crippen LogP contribution is -2.19. The minimum atomic E-state index is -0.465. The second-order valence-corrected chi connectivity index (χ2v) is 4.87. The molecule has 0 bridgehead atoms. The predicted molar refractivity (Wildman–Crippen MR) is 69.1 cm³/mol. The van der Waals surface area contributed by atoms with Crippen molar-refractivity contribution in [1.29, 1.82) is 0 Å². The van der Waals surface area contributed by atoms with Gasteiger partial charge in [0.05, 0.1) is 0 Å². The molecule has 1 atom stereocenters. The van der Waals surface area contributed by atoms with Crippen LogP contribution in [0.3, 0.4) is 0 Å². The Kier molecular flexibility index (Phi) is 4.34. The summed E-state index contributed by atoms with van der Waals surface area (Å²) in [5.74, 6) is 1.24. The van der Waals surface area contributed by atoms with Crippen LogP contribution in [-0.2, 0) is 0 Å². The lowest BCUT2D eigenvalue weighted by Gasteiger charge is -2.18. The highest BCUT2D eigenvalue weighted by molar-refractivity contribution is 5.75. The molecule has 1 aliphatic rings. The van der Waals surface area contributed by atoms with Crippen LogP contribution in [0.25, 0.3) is 0 Å². The largest absolute Gasteiger partial charge is 0.487 e. The molecule has 2 rings (SSSR count). The van der Waals surface area contributed by atoms with E-state index < -0.39 is 6.67 Å². The molecule has 0 heterocycles. The van der Waals surface area contributed by atoms with E-state index in [2.05, 4.69) is 0 Å². The molecule has 1 fully saturated rings. The van der Waals surface area contributed by atoms with Crippen LogP contribution in [0.5, 0.6) is 5.75 Å². The summed E-state index contributed by atoms with van der Waals surface area (Å²) in [4.78, 5) is 10.8. The van der Waals surface area contributed by atoms with Gasteiger partial charge in [0, 0.05) is 5.56 Å². The predicted octanol–water partition coefficient (Wildman–Crippen LogP) is 3.89.